The molecule has 0 aliphatic rings. The molecule has 0 unspecified atom stereocenters. The van der Waals surface area contributed by atoms with Crippen molar-refractivity contribution in [2.45, 2.75) is 6.54 Å². The Hall–Kier alpha value is -3.51. The monoisotopic (exact) mass is 389 g/mol. The van der Waals surface area contributed by atoms with Crippen molar-refractivity contribution >= 4 is 17.5 Å². The van der Waals surface area contributed by atoms with Crippen LogP contribution in [0, 0.1) is 0 Å². The van der Waals surface area contributed by atoms with Crippen LogP contribution in [0.5, 0.6) is 0 Å². The van der Waals surface area contributed by atoms with Crippen LogP contribution in [-0.4, -0.2) is 25.9 Å². The Balaban J connectivity index is 1.73. The average molecular weight is 390 g/mol. The number of nitrogens with zero attached hydrogens (tertiary/aromatic N) is 4. The van der Waals surface area contributed by atoms with Crippen LogP contribution < -0.4 is 5.32 Å². The van der Waals surface area contributed by atoms with Gasteiger partial charge in [-0.3, -0.25) is 9.78 Å². The van der Waals surface area contributed by atoms with Crippen molar-refractivity contribution in [3.05, 3.63) is 95.4 Å². The Kier molecular flexibility index (Phi) is 5.12. The third kappa shape index (κ3) is 3.63. The summed E-state index contributed by atoms with van der Waals surface area (Å²) in [5, 5.41) is 11.8. The molecule has 0 aliphatic carbocycles. The lowest BCUT2D eigenvalue weighted by Crippen LogP contribution is -2.24. The van der Waals surface area contributed by atoms with Gasteiger partial charge in [0.15, 0.2) is 5.69 Å². The van der Waals surface area contributed by atoms with Gasteiger partial charge in [0.1, 0.15) is 5.69 Å². The Morgan fingerprint density at radius 2 is 1.68 bits per heavy atom. The molecule has 2 heterocycles. The van der Waals surface area contributed by atoms with Crippen LogP contribution in [-0.2, 0) is 6.54 Å². The van der Waals surface area contributed by atoms with Crippen LogP contribution >= 0.6 is 11.6 Å². The summed E-state index contributed by atoms with van der Waals surface area (Å²) < 4.78 is 1.58. The quantitative estimate of drug-likeness (QED) is 0.561. The van der Waals surface area contributed by atoms with Crippen LogP contribution in [0.2, 0.25) is 5.02 Å². The first-order chi connectivity index (χ1) is 13.7. The molecule has 0 saturated heterocycles. The molecule has 0 atom stereocenters. The number of halogens is 1. The summed E-state index contributed by atoms with van der Waals surface area (Å²) in [6.07, 6.45) is 3.32. The van der Waals surface area contributed by atoms with Gasteiger partial charge in [0.25, 0.3) is 5.91 Å². The van der Waals surface area contributed by atoms with E-state index < -0.39 is 0 Å². The maximum Gasteiger partial charge on any atom is 0.274 e. The molecule has 7 heteroatoms. The van der Waals surface area contributed by atoms with E-state index in [2.05, 4.69) is 20.6 Å². The molecule has 28 heavy (non-hydrogen) atoms. The lowest BCUT2D eigenvalue weighted by atomic mass is 10.1. The largest absolute Gasteiger partial charge is 0.346 e. The number of para-hydroxylation sites is 1. The van der Waals surface area contributed by atoms with Crippen LogP contribution in [0.25, 0.3) is 16.9 Å². The van der Waals surface area contributed by atoms with E-state index in [9.17, 15) is 4.79 Å². The van der Waals surface area contributed by atoms with E-state index in [0.717, 1.165) is 11.1 Å². The zero-order valence-corrected chi connectivity index (χ0v) is 15.5. The summed E-state index contributed by atoms with van der Waals surface area (Å²) in [7, 11) is 0. The molecule has 0 fully saturated rings. The number of amides is 1. The van der Waals surface area contributed by atoms with Gasteiger partial charge in [-0.15, -0.1) is 5.10 Å². The second-order valence-corrected chi connectivity index (χ2v) is 6.46. The van der Waals surface area contributed by atoms with E-state index in [-0.39, 0.29) is 11.6 Å². The fourth-order valence-electron chi connectivity index (χ4n) is 2.86. The van der Waals surface area contributed by atoms with Crippen LogP contribution in [0.15, 0.2) is 79.1 Å². The topological polar surface area (TPSA) is 72.7 Å². The predicted molar refractivity (Wildman–Crippen MR) is 107 cm³/mol. The molecule has 4 rings (SSSR count). The lowest BCUT2D eigenvalue weighted by molar-refractivity contribution is 0.0946. The number of benzene rings is 2. The van der Waals surface area contributed by atoms with Crippen LogP contribution in [0.1, 0.15) is 16.1 Å². The molecule has 0 radical (unpaired) electrons. The van der Waals surface area contributed by atoms with Gasteiger partial charge in [0.2, 0.25) is 0 Å². The number of rotatable bonds is 5. The van der Waals surface area contributed by atoms with Crippen molar-refractivity contribution in [3.63, 3.8) is 0 Å². The summed E-state index contributed by atoms with van der Waals surface area (Å²) >= 11 is 6.35. The minimum Gasteiger partial charge on any atom is -0.346 e. The molecule has 1 N–H and O–H groups in total. The molecular formula is C21H16ClN5O. The van der Waals surface area contributed by atoms with Gasteiger partial charge in [-0.05, 0) is 29.8 Å². The van der Waals surface area contributed by atoms with Gasteiger partial charge < -0.3 is 5.32 Å². The highest BCUT2D eigenvalue weighted by Crippen LogP contribution is 2.28. The molecular weight excluding hydrogens is 374 g/mol. The molecule has 138 valence electrons. The summed E-state index contributed by atoms with van der Waals surface area (Å²) in [6, 6.07) is 20.6. The number of carbonyl (C=O) groups is 1. The highest BCUT2D eigenvalue weighted by Gasteiger charge is 2.22. The molecule has 6 nitrogen and oxygen atoms in total. The summed E-state index contributed by atoms with van der Waals surface area (Å²) in [5.41, 5.74) is 3.19. The van der Waals surface area contributed by atoms with Gasteiger partial charge in [-0.25, -0.2) is 4.68 Å². The number of hydrogen-bond donors (Lipinski definition) is 1. The van der Waals surface area contributed by atoms with E-state index in [1.54, 1.807) is 35.3 Å². The first-order valence-corrected chi connectivity index (χ1v) is 9.05. The van der Waals surface area contributed by atoms with E-state index in [1.165, 1.54) is 0 Å². The normalized spacial score (nSPS) is 10.6. The first-order valence-electron chi connectivity index (χ1n) is 8.67. The van der Waals surface area contributed by atoms with Crippen molar-refractivity contribution < 1.29 is 4.79 Å². The number of pyridine rings is 1. The maximum absolute atomic E-state index is 12.9. The number of nitrogens with one attached hydrogen (secondary N) is 1. The van der Waals surface area contributed by atoms with Gasteiger partial charge >= 0.3 is 0 Å². The molecule has 0 saturated carbocycles. The van der Waals surface area contributed by atoms with Gasteiger partial charge in [-0.2, -0.15) is 0 Å². The summed E-state index contributed by atoms with van der Waals surface area (Å²) in [5.74, 6) is -0.311. The molecule has 2 aromatic heterocycles. The molecule has 0 spiro atoms. The maximum atomic E-state index is 12.9. The smallest absolute Gasteiger partial charge is 0.274 e. The Bertz CT molecular complexity index is 1100. The summed E-state index contributed by atoms with van der Waals surface area (Å²) in [4.78, 5) is 16.9. The van der Waals surface area contributed by atoms with Crippen LogP contribution in [0.3, 0.4) is 0 Å². The van der Waals surface area contributed by atoms with Gasteiger partial charge in [0.05, 0.1) is 10.7 Å². The highest BCUT2D eigenvalue weighted by molar-refractivity contribution is 6.32. The van der Waals surface area contributed by atoms with E-state index in [1.807, 2.05) is 48.5 Å². The molecule has 2 aromatic carbocycles. The second-order valence-electron chi connectivity index (χ2n) is 6.05. The van der Waals surface area contributed by atoms with Crippen molar-refractivity contribution in [1.82, 2.24) is 25.3 Å². The van der Waals surface area contributed by atoms with Crippen molar-refractivity contribution in [3.8, 4) is 16.9 Å². The van der Waals surface area contributed by atoms with E-state index in [0.29, 0.717) is 22.9 Å². The van der Waals surface area contributed by atoms with Crippen molar-refractivity contribution in [1.29, 1.82) is 0 Å². The average Bonchev–Trinajstić information content (AvgIpc) is 3.19. The zero-order chi connectivity index (χ0) is 19.3. The van der Waals surface area contributed by atoms with E-state index in [4.69, 9.17) is 11.6 Å². The molecule has 4 aromatic rings. The van der Waals surface area contributed by atoms with Gasteiger partial charge in [-0.1, -0.05) is 59.3 Å². The SMILES string of the molecule is O=C(NCc1ccccc1)c1nnn(-c2ccccc2Cl)c1-c1ccncc1. The number of aromatic nitrogens is 4. The Morgan fingerprint density at radius 3 is 2.43 bits per heavy atom. The minimum absolute atomic E-state index is 0.224. The fourth-order valence-corrected chi connectivity index (χ4v) is 3.07. The third-order valence-electron chi connectivity index (χ3n) is 4.22. The molecule has 1 amide bonds. The lowest BCUT2D eigenvalue weighted by Gasteiger charge is -2.10. The fraction of sp³-hybridized carbons (Fsp3) is 0.0476. The standard InChI is InChI=1S/C21H16ClN5O/c22-17-8-4-5-9-18(17)27-20(16-10-12-23-13-11-16)19(25-26-27)21(28)24-14-15-6-2-1-3-7-15/h1-13H,14H2,(H,24,28). The molecule has 0 bridgehead atoms. The Labute approximate surface area is 166 Å². The number of carbonyl (C=O) groups excluding carboxylic acids is 1. The van der Waals surface area contributed by atoms with Crippen LogP contribution in [0.4, 0.5) is 0 Å². The van der Waals surface area contributed by atoms with Crippen molar-refractivity contribution in [2.24, 2.45) is 0 Å². The predicted octanol–water partition coefficient (Wildman–Crippen LogP) is 3.91. The number of hydrogen-bond acceptors (Lipinski definition) is 4. The zero-order valence-electron chi connectivity index (χ0n) is 14.8. The van der Waals surface area contributed by atoms with Gasteiger partial charge in [0, 0.05) is 24.5 Å². The second kappa shape index (κ2) is 8.02. The highest BCUT2D eigenvalue weighted by atomic mass is 35.5. The first kappa shape index (κ1) is 17.9. The minimum atomic E-state index is -0.311. The Morgan fingerprint density at radius 1 is 0.964 bits per heavy atom. The third-order valence-corrected chi connectivity index (χ3v) is 4.54. The molecule has 0 aliphatic heterocycles. The van der Waals surface area contributed by atoms with E-state index >= 15 is 0 Å². The summed E-state index contributed by atoms with van der Waals surface area (Å²) in [6.45, 7) is 0.397. The van der Waals surface area contributed by atoms with Crippen molar-refractivity contribution in [2.75, 3.05) is 0 Å².